The summed E-state index contributed by atoms with van der Waals surface area (Å²) in [7, 11) is 0. The second kappa shape index (κ2) is 5.73. The van der Waals surface area contributed by atoms with Crippen molar-refractivity contribution in [1.29, 1.82) is 0 Å². The van der Waals surface area contributed by atoms with Crippen LogP contribution in [0.2, 0.25) is 0 Å². The van der Waals surface area contributed by atoms with Crippen LogP contribution < -0.4 is 10.2 Å². The lowest BCUT2D eigenvalue weighted by atomic mass is 9.88. The Hall–Kier alpha value is -2.46. The van der Waals surface area contributed by atoms with Gasteiger partial charge in [-0.2, -0.15) is 4.99 Å². The van der Waals surface area contributed by atoms with E-state index in [1.807, 2.05) is 18.2 Å². The van der Waals surface area contributed by atoms with E-state index in [9.17, 15) is 14.4 Å². The summed E-state index contributed by atoms with van der Waals surface area (Å²) in [5.74, 6) is -1.14. The number of carbonyl (C=O) groups excluding carboxylic acids is 3. The quantitative estimate of drug-likeness (QED) is 0.518. The molecule has 1 aromatic rings. The molecule has 0 unspecified atom stereocenters. The fraction of sp³-hybridized carbons (Fsp3) is 0.438. The zero-order valence-electron chi connectivity index (χ0n) is 12.2. The fourth-order valence-corrected chi connectivity index (χ4v) is 3.30. The number of hydrogen-bond acceptors (Lipinski definition) is 4. The van der Waals surface area contributed by atoms with E-state index in [2.05, 4.69) is 10.3 Å². The van der Waals surface area contributed by atoms with E-state index in [0.717, 1.165) is 31.2 Å². The lowest BCUT2D eigenvalue weighted by Crippen LogP contribution is -2.52. The van der Waals surface area contributed by atoms with Crippen LogP contribution in [0.4, 0.5) is 5.69 Å². The lowest BCUT2D eigenvalue weighted by Gasteiger charge is -2.29. The molecule has 2 amide bonds. The minimum absolute atomic E-state index is 0.437. The van der Waals surface area contributed by atoms with Crippen LogP contribution in [0.3, 0.4) is 0 Å². The Bertz CT molecular complexity index is 658. The molecular weight excluding hydrogens is 282 g/mol. The molecular formula is C16H17N3O3. The van der Waals surface area contributed by atoms with Crippen LogP contribution in [-0.2, 0) is 19.9 Å². The standard InChI is InChI=1S/C16H17N3O3/c20-11-18-16(6-1-2-7-16)12-4-3-5-13(10-12)19-9-8-17-14(21)15(19)22/h3-5,10H,1-2,6-9H2,(H,17,21). The Morgan fingerprint density at radius 2 is 2.00 bits per heavy atom. The van der Waals surface area contributed by atoms with Gasteiger partial charge in [0.05, 0.1) is 5.54 Å². The Balaban J connectivity index is 1.97. The number of carbonyl (C=O) groups is 2. The first-order chi connectivity index (χ1) is 10.7. The average Bonchev–Trinajstić information content (AvgIpc) is 3.00. The minimum Gasteiger partial charge on any atom is -0.346 e. The highest BCUT2D eigenvalue weighted by atomic mass is 16.2. The molecule has 2 aliphatic rings. The number of nitrogens with one attached hydrogen (secondary N) is 1. The van der Waals surface area contributed by atoms with E-state index in [4.69, 9.17) is 0 Å². The number of aliphatic imine (C=N–C) groups is 1. The molecule has 1 aliphatic heterocycles. The van der Waals surface area contributed by atoms with E-state index in [1.165, 1.54) is 4.90 Å². The molecule has 1 aliphatic carbocycles. The predicted octanol–water partition coefficient (Wildman–Crippen LogP) is 1.25. The van der Waals surface area contributed by atoms with Gasteiger partial charge in [-0.25, -0.2) is 4.79 Å². The summed E-state index contributed by atoms with van der Waals surface area (Å²) in [6.07, 6.45) is 5.33. The number of benzene rings is 1. The number of piperazine rings is 1. The van der Waals surface area contributed by atoms with E-state index in [0.29, 0.717) is 18.8 Å². The monoisotopic (exact) mass is 299 g/mol. The maximum Gasteiger partial charge on any atom is 0.316 e. The molecule has 22 heavy (non-hydrogen) atoms. The van der Waals surface area contributed by atoms with Crippen LogP contribution in [-0.4, -0.2) is 31.0 Å². The Kier molecular flexibility index (Phi) is 3.77. The van der Waals surface area contributed by atoms with Crippen molar-refractivity contribution in [2.45, 2.75) is 31.2 Å². The highest BCUT2D eigenvalue weighted by Gasteiger charge is 2.36. The van der Waals surface area contributed by atoms with E-state index < -0.39 is 17.4 Å². The Morgan fingerprint density at radius 1 is 1.23 bits per heavy atom. The van der Waals surface area contributed by atoms with Gasteiger partial charge in [0.2, 0.25) is 6.08 Å². The third kappa shape index (κ3) is 2.42. The largest absolute Gasteiger partial charge is 0.346 e. The Labute approximate surface area is 128 Å². The molecule has 0 atom stereocenters. The van der Waals surface area contributed by atoms with Gasteiger partial charge >= 0.3 is 11.8 Å². The summed E-state index contributed by atoms with van der Waals surface area (Å²) < 4.78 is 0. The molecule has 1 N–H and O–H groups in total. The van der Waals surface area contributed by atoms with Crippen molar-refractivity contribution in [3.05, 3.63) is 29.8 Å². The van der Waals surface area contributed by atoms with Crippen molar-refractivity contribution in [2.75, 3.05) is 18.0 Å². The van der Waals surface area contributed by atoms with Crippen molar-refractivity contribution < 1.29 is 14.4 Å². The average molecular weight is 299 g/mol. The van der Waals surface area contributed by atoms with Gasteiger partial charge in [-0.1, -0.05) is 25.0 Å². The van der Waals surface area contributed by atoms with Crippen LogP contribution in [0, 0.1) is 0 Å². The Morgan fingerprint density at radius 3 is 2.73 bits per heavy atom. The summed E-state index contributed by atoms with van der Waals surface area (Å²) in [4.78, 5) is 39.8. The number of rotatable bonds is 3. The summed E-state index contributed by atoms with van der Waals surface area (Å²) in [5, 5.41) is 2.53. The van der Waals surface area contributed by atoms with Crippen LogP contribution in [0.1, 0.15) is 31.2 Å². The third-order valence-electron chi connectivity index (χ3n) is 4.45. The van der Waals surface area contributed by atoms with Crippen molar-refractivity contribution in [1.82, 2.24) is 5.32 Å². The van der Waals surface area contributed by atoms with Crippen LogP contribution in [0.5, 0.6) is 0 Å². The molecule has 2 fully saturated rings. The van der Waals surface area contributed by atoms with Gasteiger partial charge in [0.15, 0.2) is 0 Å². The molecule has 0 radical (unpaired) electrons. The van der Waals surface area contributed by atoms with Crippen LogP contribution in [0.25, 0.3) is 0 Å². The zero-order chi connectivity index (χ0) is 15.6. The van der Waals surface area contributed by atoms with Crippen LogP contribution >= 0.6 is 0 Å². The molecule has 0 spiro atoms. The molecule has 1 saturated carbocycles. The van der Waals surface area contributed by atoms with E-state index >= 15 is 0 Å². The number of nitrogens with zero attached hydrogens (tertiary/aromatic N) is 2. The van der Waals surface area contributed by atoms with Gasteiger partial charge in [0.1, 0.15) is 0 Å². The zero-order valence-corrected chi connectivity index (χ0v) is 12.2. The number of amides is 2. The predicted molar refractivity (Wildman–Crippen MR) is 80.1 cm³/mol. The highest BCUT2D eigenvalue weighted by Crippen LogP contribution is 2.42. The molecule has 1 saturated heterocycles. The molecule has 1 aromatic carbocycles. The first-order valence-electron chi connectivity index (χ1n) is 7.46. The van der Waals surface area contributed by atoms with Gasteiger partial charge in [0.25, 0.3) is 0 Å². The molecule has 0 bridgehead atoms. The molecule has 114 valence electrons. The van der Waals surface area contributed by atoms with Crippen molar-refractivity contribution in [3.8, 4) is 0 Å². The van der Waals surface area contributed by atoms with Gasteiger partial charge in [-0.15, -0.1) is 0 Å². The van der Waals surface area contributed by atoms with E-state index in [1.54, 1.807) is 12.1 Å². The number of isocyanates is 1. The van der Waals surface area contributed by atoms with Gasteiger partial charge in [-0.05, 0) is 30.5 Å². The van der Waals surface area contributed by atoms with Gasteiger partial charge in [-0.3, -0.25) is 9.59 Å². The molecule has 6 nitrogen and oxygen atoms in total. The van der Waals surface area contributed by atoms with Crippen LogP contribution in [0.15, 0.2) is 29.3 Å². The SMILES string of the molecule is O=C=NC1(c2cccc(N3CCNC(=O)C3=O)c2)CCCC1. The van der Waals surface area contributed by atoms with Crippen molar-refractivity contribution in [2.24, 2.45) is 4.99 Å². The number of hydrogen-bond donors (Lipinski definition) is 1. The second-order valence-electron chi connectivity index (χ2n) is 5.70. The molecule has 1 heterocycles. The highest BCUT2D eigenvalue weighted by molar-refractivity contribution is 6.41. The minimum atomic E-state index is -0.585. The summed E-state index contributed by atoms with van der Waals surface area (Å²) >= 11 is 0. The summed E-state index contributed by atoms with van der Waals surface area (Å²) in [5.41, 5.74) is 1.05. The third-order valence-corrected chi connectivity index (χ3v) is 4.45. The molecule has 0 aromatic heterocycles. The van der Waals surface area contributed by atoms with Crippen molar-refractivity contribution in [3.63, 3.8) is 0 Å². The fourth-order valence-electron chi connectivity index (χ4n) is 3.30. The normalized spacial score (nSPS) is 20.5. The van der Waals surface area contributed by atoms with Gasteiger partial charge < -0.3 is 10.2 Å². The first-order valence-corrected chi connectivity index (χ1v) is 7.46. The number of anilines is 1. The molecule has 3 rings (SSSR count). The van der Waals surface area contributed by atoms with E-state index in [-0.39, 0.29) is 0 Å². The maximum atomic E-state index is 12.0. The first kappa shape index (κ1) is 14.5. The second-order valence-corrected chi connectivity index (χ2v) is 5.70. The maximum absolute atomic E-state index is 12.0. The molecule has 6 heteroatoms. The summed E-state index contributed by atoms with van der Waals surface area (Å²) in [6.45, 7) is 0.879. The topological polar surface area (TPSA) is 78.8 Å². The summed E-state index contributed by atoms with van der Waals surface area (Å²) in [6, 6.07) is 7.42. The smallest absolute Gasteiger partial charge is 0.316 e. The van der Waals surface area contributed by atoms with Gasteiger partial charge in [0, 0.05) is 18.8 Å². The van der Waals surface area contributed by atoms with Crippen molar-refractivity contribution >= 4 is 23.6 Å². The lowest BCUT2D eigenvalue weighted by molar-refractivity contribution is -0.138.